The average molecular weight is 546 g/mol. The number of carbonyl (C=O) groups is 1. The van der Waals surface area contributed by atoms with Gasteiger partial charge in [-0.2, -0.15) is 0 Å². The molecule has 1 aromatic carbocycles. The molecule has 2 saturated heterocycles. The number of amides is 1. The highest BCUT2D eigenvalue weighted by molar-refractivity contribution is 9.10. The van der Waals surface area contributed by atoms with Gasteiger partial charge in [0.05, 0.1) is 11.6 Å². The fourth-order valence-corrected chi connectivity index (χ4v) is 5.72. The summed E-state index contributed by atoms with van der Waals surface area (Å²) in [4.78, 5) is 23.0. The Bertz CT molecular complexity index is 982. The molecule has 0 N–H and O–H groups in total. The minimum absolute atomic E-state index is 0.163. The average Bonchev–Trinajstić information content (AvgIpc) is 2.86. The van der Waals surface area contributed by atoms with Gasteiger partial charge in [0, 0.05) is 64.0 Å². The monoisotopic (exact) mass is 544 g/mol. The molecule has 4 rings (SSSR count). The van der Waals surface area contributed by atoms with Gasteiger partial charge in [0.15, 0.2) is 0 Å². The standard InChI is InChI=1S/C27H37BrN4O3/c1-19-17-31(21(3)33)18-20(2)32(19)13-14-35-24-7-5-22(6-8-24)23-9-11-30(12-10-23)27-15-26(34-4)25(28)16-29-27/h5-8,15-16,19-20,23H,9-14,17-18H2,1-4H3/t19-,20+. The first-order valence-electron chi connectivity index (χ1n) is 12.5. The van der Waals surface area contributed by atoms with Crippen molar-refractivity contribution in [3.63, 3.8) is 0 Å². The van der Waals surface area contributed by atoms with Crippen LogP contribution < -0.4 is 14.4 Å². The van der Waals surface area contributed by atoms with Crippen LogP contribution in [0.25, 0.3) is 0 Å². The first-order chi connectivity index (χ1) is 16.9. The summed E-state index contributed by atoms with van der Waals surface area (Å²) in [6.45, 7) is 11.1. The van der Waals surface area contributed by atoms with Crippen LogP contribution in [0, 0.1) is 0 Å². The number of aromatic nitrogens is 1. The van der Waals surface area contributed by atoms with Crippen molar-refractivity contribution in [2.45, 2.75) is 51.6 Å². The second-order valence-corrected chi connectivity index (χ2v) is 10.6. The van der Waals surface area contributed by atoms with Crippen molar-refractivity contribution in [2.75, 3.05) is 51.3 Å². The summed E-state index contributed by atoms with van der Waals surface area (Å²) in [7, 11) is 1.68. The Morgan fingerprint density at radius 2 is 1.77 bits per heavy atom. The third-order valence-electron chi connectivity index (χ3n) is 7.36. The van der Waals surface area contributed by atoms with Crippen molar-refractivity contribution in [3.05, 3.63) is 46.6 Å². The fraction of sp³-hybridized carbons (Fsp3) is 0.556. The van der Waals surface area contributed by atoms with E-state index in [1.54, 1.807) is 14.0 Å². The number of piperazine rings is 1. The number of pyridine rings is 1. The van der Waals surface area contributed by atoms with Crippen molar-refractivity contribution < 1.29 is 14.3 Å². The van der Waals surface area contributed by atoms with Crippen LogP contribution in [-0.2, 0) is 4.79 Å². The van der Waals surface area contributed by atoms with Crippen molar-refractivity contribution in [1.82, 2.24) is 14.8 Å². The second kappa shape index (κ2) is 11.6. The smallest absolute Gasteiger partial charge is 0.219 e. The number of anilines is 1. The Kier molecular flexibility index (Phi) is 8.55. The summed E-state index contributed by atoms with van der Waals surface area (Å²) in [5.74, 6) is 3.42. The summed E-state index contributed by atoms with van der Waals surface area (Å²) in [5.41, 5.74) is 1.38. The first kappa shape index (κ1) is 25.8. The van der Waals surface area contributed by atoms with Crippen LogP contribution in [-0.4, -0.2) is 79.2 Å². The lowest BCUT2D eigenvalue weighted by molar-refractivity contribution is -0.133. The molecule has 0 saturated carbocycles. The SMILES string of the molecule is COc1cc(N2CCC(c3ccc(OCCN4[C@H](C)CN(C(C)=O)C[C@@H]4C)cc3)CC2)ncc1Br. The number of ether oxygens (including phenoxy) is 2. The largest absolute Gasteiger partial charge is 0.495 e. The highest BCUT2D eigenvalue weighted by Crippen LogP contribution is 2.33. The van der Waals surface area contributed by atoms with E-state index in [4.69, 9.17) is 9.47 Å². The van der Waals surface area contributed by atoms with Crippen LogP contribution in [0.5, 0.6) is 11.5 Å². The fourth-order valence-electron chi connectivity index (χ4n) is 5.34. The third kappa shape index (κ3) is 6.28. The van der Waals surface area contributed by atoms with Gasteiger partial charge < -0.3 is 19.3 Å². The van der Waals surface area contributed by atoms with E-state index >= 15 is 0 Å². The lowest BCUT2D eigenvalue weighted by atomic mass is 9.89. The molecule has 2 aromatic rings. The molecule has 0 unspecified atom stereocenters. The number of hydrogen-bond acceptors (Lipinski definition) is 6. The highest BCUT2D eigenvalue weighted by Gasteiger charge is 2.30. The summed E-state index contributed by atoms with van der Waals surface area (Å²) in [5, 5.41) is 0. The Morgan fingerprint density at radius 3 is 2.37 bits per heavy atom. The Balaban J connectivity index is 1.24. The second-order valence-electron chi connectivity index (χ2n) is 9.72. The molecule has 7 nitrogen and oxygen atoms in total. The van der Waals surface area contributed by atoms with E-state index in [1.165, 1.54) is 5.56 Å². The zero-order valence-electron chi connectivity index (χ0n) is 21.2. The van der Waals surface area contributed by atoms with Crippen LogP contribution in [0.15, 0.2) is 41.0 Å². The molecule has 2 aliphatic heterocycles. The highest BCUT2D eigenvalue weighted by atomic mass is 79.9. The summed E-state index contributed by atoms with van der Waals surface area (Å²) in [6.07, 6.45) is 4.01. The number of halogens is 1. The summed E-state index contributed by atoms with van der Waals surface area (Å²) >= 11 is 3.48. The normalized spacial score (nSPS) is 21.7. The lowest BCUT2D eigenvalue weighted by Crippen LogP contribution is -2.58. The summed E-state index contributed by atoms with van der Waals surface area (Å²) < 4.78 is 12.4. The maximum Gasteiger partial charge on any atom is 0.219 e. The molecule has 2 atom stereocenters. The number of piperidine rings is 1. The van der Waals surface area contributed by atoms with Crippen LogP contribution in [0.3, 0.4) is 0 Å². The molecule has 0 radical (unpaired) electrons. The van der Waals surface area contributed by atoms with Crippen LogP contribution in [0.1, 0.15) is 45.1 Å². The van der Waals surface area contributed by atoms with Crippen LogP contribution in [0.4, 0.5) is 5.82 Å². The molecule has 0 aliphatic carbocycles. The maximum atomic E-state index is 11.7. The predicted molar refractivity (Wildman–Crippen MR) is 142 cm³/mol. The maximum absolute atomic E-state index is 11.7. The lowest BCUT2D eigenvalue weighted by Gasteiger charge is -2.44. The van der Waals surface area contributed by atoms with Crippen molar-refractivity contribution in [2.24, 2.45) is 0 Å². The molecular weight excluding hydrogens is 508 g/mol. The van der Waals surface area contributed by atoms with Gasteiger partial charge in [-0.1, -0.05) is 12.1 Å². The van der Waals surface area contributed by atoms with Gasteiger partial charge >= 0.3 is 0 Å². The van der Waals surface area contributed by atoms with Crippen molar-refractivity contribution in [1.29, 1.82) is 0 Å². The molecule has 3 heterocycles. The molecule has 1 aromatic heterocycles. The quantitative estimate of drug-likeness (QED) is 0.509. The summed E-state index contributed by atoms with van der Waals surface area (Å²) in [6, 6.07) is 11.3. The molecule has 0 bridgehead atoms. The zero-order valence-corrected chi connectivity index (χ0v) is 22.8. The van der Waals surface area contributed by atoms with Gasteiger partial charge in [-0.25, -0.2) is 4.98 Å². The van der Waals surface area contributed by atoms with E-state index in [0.717, 1.165) is 67.4 Å². The third-order valence-corrected chi connectivity index (χ3v) is 7.96. The molecule has 0 spiro atoms. The molecule has 8 heteroatoms. The van der Waals surface area contributed by atoms with Gasteiger partial charge in [0.25, 0.3) is 0 Å². The number of benzene rings is 1. The van der Waals surface area contributed by atoms with E-state index < -0.39 is 0 Å². The molecule has 2 aliphatic rings. The number of hydrogen-bond donors (Lipinski definition) is 0. The topological polar surface area (TPSA) is 58.1 Å². The number of rotatable bonds is 7. The van der Waals surface area contributed by atoms with E-state index in [9.17, 15) is 4.79 Å². The van der Waals surface area contributed by atoms with Gasteiger partial charge in [-0.3, -0.25) is 9.69 Å². The molecule has 190 valence electrons. The van der Waals surface area contributed by atoms with Crippen molar-refractivity contribution >= 4 is 27.7 Å². The van der Waals surface area contributed by atoms with Crippen LogP contribution >= 0.6 is 15.9 Å². The molecule has 35 heavy (non-hydrogen) atoms. The van der Waals surface area contributed by atoms with Crippen molar-refractivity contribution in [3.8, 4) is 11.5 Å². The molecule has 2 fully saturated rings. The van der Waals surface area contributed by atoms with E-state index in [1.807, 2.05) is 17.2 Å². The van der Waals surface area contributed by atoms with Gasteiger partial charge in [0.1, 0.15) is 23.9 Å². The first-order valence-corrected chi connectivity index (χ1v) is 13.3. The molecule has 1 amide bonds. The van der Waals surface area contributed by atoms with E-state index in [2.05, 4.69) is 68.8 Å². The van der Waals surface area contributed by atoms with E-state index in [-0.39, 0.29) is 5.91 Å². The Hall–Kier alpha value is -2.32. The Morgan fingerprint density at radius 1 is 1.11 bits per heavy atom. The Labute approximate surface area is 217 Å². The zero-order chi connectivity index (χ0) is 24.9. The minimum atomic E-state index is 0.163. The minimum Gasteiger partial charge on any atom is -0.495 e. The van der Waals surface area contributed by atoms with Gasteiger partial charge in [0.2, 0.25) is 5.91 Å². The number of methoxy groups -OCH3 is 1. The van der Waals surface area contributed by atoms with Crippen LogP contribution in [0.2, 0.25) is 0 Å². The number of nitrogens with zero attached hydrogens (tertiary/aromatic N) is 4. The van der Waals surface area contributed by atoms with E-state index in [0.29, 0.717) is 24.6 Å². The predicted octanol–water partition coefficient (Wildman–Crippen LogP) is 4.56. The van der Waals surface area contributed by atoms with Gasteiger partial charge in [-0.05, 0) is 66.2 Å². The number of carbonyl (C=O) groups excluding carboxylic acids is 1. The molecular formula is C27H37BrN4O3. The van der Waals surface area contributed by atoms with Gasteiger partial charge in [-0.15, -0.1) is 0 Å².